The molecule has 7 nitrogen and oxygen atoms in total. The van der Waals surface area contributed by atoms with Crippen molar-refractivity contribution in [2.45, 2.75) is 38.1 Å². The SMILES string of the molecule is Cc1cc(Cl)cc2sc(N(Cc3cccnc3)C(=O)c3ccc(S(=O)(=O)N4CCC(C)CC4)cc3)nc12. The minimum Gasteiger partial charge on any atom is -0.279 e. The largest absolute Gasteiger partial charge is 0.279 e. The number of pyridine rings is 1. The summed E-state index contributed by atoms with van der Waals surface area (Å²) in [5, 5.41) is 1.15. The van der Waals surface area contributed by atoms with Gasteiger partial charge in [-0.25, -0.2) is 13.4 Å². The summed E-state index contributed by atoms with van der Waals surface area (Å²) in [6.07, 6.45) is 5.10. The van der Waals surface area contributed by atoms with Gasteiger partial charge in [0.25, 0.3) is 5.91 Å². The quantitative estimate of drug-likeness (QED) is 0.295. The van der Waals surface area contributed by atoms with Gasteiger partial charge in [0.1, 0.15) is 0 Å². The number of carbonyl (C=O) groups excluding carboxylic acids is 1. The number of nitrogens with zero attached hydrogens (tertiary/aromatic N) is 4. The maximum atomic E-state index is 13.8. The van der Waals surface area contributed by atoms with E-state index in [-0.39, 0.29) is 17.3 Å². The van der Waals surface area contributed by atoms with Gasteiger partial charge < -0.3 is 0 Å². The average molecular weight is 555 g/mol. The molecule has 1 aliphatic rings. The summed E-state index contributed by atoms with van der Waals surface area (Å²) in [6, 6.07) is 13.6. The van der Waals surface area contributed by atoms with Gasteiger partial charge in [0.2, 0.25) is 10.0 Å². The number of aryl methyl sites for hydroxylation is 1. The fourth-order valence-electron chi connectivity index (χ4n) is 4.46. The minimum atomic E-state index is -3.60. The van der Waals surface area contributed by atoms with Crippen molar-refractivity contribution in [2.24, 2.45) is 5.92 Å². The molecule has 0 spiro atoms. The number of fused-ring (bicyclic) bond motifs is 1. The molecule has 0 radical (unpaired) electrons. The molecule has 0 atom stereocenters. The summed E-state index contributed by atoms with van der Waals surface area (Å²) >= 11 is 7.64. The number of rotatable bonds is 6. The van der Waals surface area contributed by atoms with Gasteiger partial charge >= 0.3 is 0 Å². The normalized spacial score (nSPS) is 15.2. The molecule has 1 amide bonds. The van der Waals surface area contributed by atoms with E-state index < -0.39 is 10.0 Å². The summed E-state index contributed by atoms with van der Waals surface area (Å²) in [5.74, 6) is 0.252. The van der Waals surface area contributed by atoms with E-state index in [1.54, 1.807) is 29.4 Å². The summed E-state index contributed by atoms with van der Waals surface area (Å²) in [6.45, 7) is 5.38. The highest BCUT2D eigenvalue weighted by molar-refractivity contribution is 7.89. The Labute approximate surface area is 225 Å². The van der Waals surface area contributed by atoms with Crippen molar-refractivity contribution in [3.63, 3.8) is 0 Å². The molecule has 192 valence electrons. The lowest BCUT2D eigenvalue weighted by atomic mass is 10.0. The Bertz CT molecular complexity index is 1530. The van der Waals surface area contributed by atoms with Gasteiger partial charge in [0.15, 0.2) is 5.13 Å². The van der Waals surface area contributed by atoms with E-state index >= 15 is 0 Å². The van der Waals surface area contributed by atoms with Crippen molar-refractivity contribution in [3.8, 4) is 0 Å². The fraction of sp³-hybridized carbons (Fsp3) is 0.296. The number of sulfonamides is 1. The van der Waals surface area contributed by atoms with Gasteiger partial charge in [-0.05, 0) is 79.3 Å². The van der Waals surface area contributed by atoms with Crippen LogP contribution in [0.4, 0.5) is 5.13 Å². The number of carbonyl (C=O) groups is 1. The lowest BCUT2D eigenvalue weighted by Crippen LogP contribution is -2.37. The smallest absolute Gasteiger partial charge is 0.260 e. The molecular formula is C27H27ClN4O3S2. The zero-order chi connectivity index (χ0) is 26.2. The van der Waals surface area contributed by atoms with Gasteiger partial charge in [-0.2, -0.15) is 4.31 Å². The van der Waals surface area contributed by atoms with E-state index in [2.05, 4.69) is 11.9 Å². The van der Waals surface area contributed by atoms with Crippen LogP contribution in [0.15, 0.2) is 65.8 Å². The van der Waals surface area contributed by atoms with Crippen LogP contribution in [-0.4, -0.2) is 41.7 Å². The Balaban J connectivity index is 1.47. The first kappa shape index (κ1) is 25.8. The molecule has 1 saturated heterocycles. The predicted octanol–water partition coefficient (Wildman–Crippen LogP) is 5.92. The van der Waals surface area contributed by atoms with Crippen molar-refractivity contribution in [1.82, 2.24) is 14.3 Å². The van der Waals surface area contributed by atoms with E-state index in [9.17, 15) is 13.2 Å². The van der Waals surface area contributed by atoms with Gasteiger partial charge in [0, 0.05) is 36.1 Å². The van der Waals surface area contributed by atoms with Crippen LogP contribution in [0.2, 0.25) is 5.02 Å². The number of anilines is 1. The van der Waals surface area contributed by atoms with Crippen LogP contribution in [-0.2, 0) is 16.6 Å². The Morgan fingerprint density at radius 3 is 2.57 bits per heavy atom. The highest BCUT2D eigenvalue weighted by Gasteiger charge is 2.29. The highest BCUT2D eigenvalue weighted by atomic mass is 35.5. The third-order valence-electron chi connectivity index (χ3n) is 6.66. The van der Waals surface area contributed by atoms with Crippen LogP contribution < -0.4 is 4.90 Å². The number of halogens is 1. The maximum Gasteiger partial charge on any atom is 0.260 e. The summed E-state index contributed by atoms with van der Waals surface area (Å²) in [4.78, 5) is 24.5. The maximum absolute atomic E-state index is 13.8. The molecule has 0 aliphatic carbocycles. The molecule has 0 N–H and O–H groups in total. The van der Waals surface area contributed by atoms with Crippen LogP contribution in [0.1, 0.15) is 41.3 Å². The van der Waals surface area contributed by atoms with Gasteiger partial charge in [-0.3, -0.25) is 14.7 Å². The standard InChI is InChI=1S/C27H27ClN4O3S2/c1-18-9-12-31(13-10-18)37(34,35)23-7-5-21(6-8-23)26(33)32(17-20-4-3-11-29-16-20)27-30-25-19(2)14-22(28)15-24(25)36-27/h3-8,11,14-16,18H,9-10,12-13,17H2,1-2H3. The molecule has 0 saturated carbocycles. The Morgan fingerprint density at radius 1 is 1.16 bits per heavy atom. The minimum absolute atomic E-state index is 0.197. The second kappa shape index (κ2) is 10.5. The van der Waals surface area contributed by atoms with E-state index in [4.69, 9.17) is 16.6 Å². The first-order valence-corrected chi connectivity index (χ1v) is 14.7. The Hall–Kier alpha value is -2.85. The third-order valence-corrected chi connectivity index (χ3v) is 9.82. The summed E-state index contributed by atoms with van der Waals surface area (Å²) in [7, 11) is -3.60. The molecule has 1 aliphatic heterocycles. The molecule has 2 aromatic carbocycles. The Morgan fingerprint density at radius 2 is 1.89 bits per heavy atom. The number of hydrogen-bond acceptors (Lipinski definition) is 6. The number of benzene rings is 2. The lowest BCUT2D eigenvalue weighted by molar-refractivity contribution is 0.0985. The summed E-state index contributed by atoms with van der Waals surface area (Å²) in [5.41, 5.74) is 2.96. The van der Waals surface area contributed by atoms with E-state index in [1.165, 1.54) is 27.8 Å². The van der Waals surface area contributed by atoms with Crippen molar-refractivity contribution in [1.29, 1.82) is 0 Å². The topological polar surface area (TPSA) is 83.5 Å². The van der Waals surface area contributed by atoms with E-state index in [1.807, 2.05) is 31.2 Å². The van der Waals surface area contributed by atoms with Crippen molar-refractivity contribution >= 4 is 54.2 Å². The van der Waals surface area contributed by atoms with Crippen LogP contribution in [0.25, 0.3) is 10.2 Å². The Kier molecular flexibility index (Phi) is 7.31. The summed E-state index contributed by atoms with van der Waals surface area (Å²) < 4.78 is 28.7. The molecular weight excluding hydrogens is 528 g/mol. The molecule has 0 bridgehead atoms. The molecule has 10 heteroatoms. The second-order valence-electron chi connectivity index (χ2n) is 9.43. The van der Waals surface area contributed by atoms with Crippen LogP contribution in [0.3, 0.4) is 0 Å². The molecule has 1 fully saturated rings. The predicted molar refractivity (Wildman–Crippen MR) is 148 cm³/mol. The first-order chi connectivity index (χ1) is 17.7. The molecule has 3 heterocycles. The van der Waals surface area contributed by atoms with Gasteiger partial charge in [0.05, 0.1) is 21.7 Å². The molecule has 0 unspecified atom stereocenters. The second-order valence-corrected chi connectivity index (χ2v) is 12.8. The highest BCUT2D eigenvalue weighted by Crippen LogP contribution is 2.34. The van der Waals surface area contributed by atoms with Crippen LogP contribution >= 0.6 is 22.9 Å². The number of aromatic nitrogens is 2. The molecule has 37 heavy (non-hydrogen) atoms. The average Bonchev–Trinajstić information content (AvgIpc) is 3.32. The first-order valence-electron chi connectivity index (χ1n) is 12.1. The number of piperidine rings is 1. The van der Waals surface area contributed by atoms with Crippen molar-refractivity contribution in [3.05, 3.63) is 82.6 Å². The van der Waals surface area contributed by atoms with E-state index in [0.717, 1.165) is 34.2 Å². The van der Waals surface area contributed by atoms with Crippen LogP contribution in [0.5, 0.6) is 0 Å². The zero-order valence-corrected chi connectivity index (χ0v) is 23.0. The molecule has 4 aromatic rings. The van der Waals surface area contributed by atoms with Crippen molar-refractivity contribution in [2.75, 3.05) is 18.0 Å². The number of amides is 1. The monoisotopic (exact) mass is 554 g/mol. The lowest BCUT2D eigenvalue weighted by Gasteiger charge is -2.29. The number of thiazole rings is 1. The third kappa shape index (κ3) is 5.40. The van der Waals surface area contributed by atoms with Gasteiger partial charge in [-0.1, -0.05) is 35.9 Å². The van der Waals surface area contributed by atoms with Crippen molar-refractivity contribution < 1.29 is 13.2 Å². The molecule has 2 aromatic heterocycles. The zero-order valence-electron chi connectivity index (χ0n) is 20.6. The van der Waals surface area contributed by atoms with E-state index in [0.29, 0.717) is 34.7 Å². The number of hydrogen-bond donors (Lipinski definition) is 0. The fourth-order valence-corrected chi connectivity index (χ4v) is 7.35. The van der Waals surface area contributed by atoms with Crippen LogP contribution in [0, 0.1) is 12.8 Å². The van der Waals surface area contributed by atoms with Gasteiger partial charge in [-0.15, -0.1) is 0 Å². The molecule has 5 rings (SSSR count).